The lowest BCUT2D eigenvalue weighted by Crippen LogP contribution is -2.59. The first-order valence-electron chi connectivity index (χ1n) is 36.2. The topological polar surface area (TPSA) is 356 Å². The molecule has 100 heavy (non-hydrogen) atoms. The fourth-order valence-corrected chi connectivity index (χ4v) is 14.8. The first-order valence-corrected chi connectivity index (χ1v) is 36.2. The van der Waals surface area contributed by atoms with E-state index in [1.807, 2.05) is 0 Å². The average molecular weight is 1410 g/mol. The van der Waals surface area contributed by atoms with Gasteiger partial charge in [-0.1, -0.05) is 161 Å². The van der Waals surface area contributed by atoms with Gasteiger partial charge in [-0.2, -0.15) is 0 Å². The standard InChI is InChI=1S/C40H62N6O8.C33H54N4O9/c1-39(2,3)54-38(53)43-28-22-18-13-11-9-8-10-12-17-21-27(42-34(49)32-30-26(40(30,4)5)24-46(32)36(28)51)33(48)35(50)41-23-29(47)44-31(37(52)45(6)7)25-19-15-14-16-20-25;1-20(38)45-27(29(41)34-18-24(39)44-7)22-16-14-12-10-8-9-11-13-15-17-23(36-31(43)46-32(2,3)4)30(42)37-19-21-25(33(21,5)6)26(37)28(40)35-22/h14-16,19-20,26-28,30-33,48H,8-13,17-18,21-24H2,1-7H3,(H,41,50)(H,42,49)(H,43,53)(H,44,47);21-23,25-27H,8-19H2,1-7H3,(H,34,41)(H,35,40)(H,36,43)/t26-,27-,28-,30-,31-,32-,33?;21-,22-,23-,25-,26-,27?/m00/s1. The molecule has 4 saturated heterocycles. The molecule has 0 aromatic heterocycles. The van der Waals surface area contributed by atoms with Crippen LogP contribution in [0.25, 0.3) is 0 Å². The minimum atomic E-state index is -1.69. The molecule has 27 nitrogen and oxygen atoms in total. The summed E-state index contributed by atoms with van der Waals surface area (Å²) in [6, 6.07) is 2.44. The highest BCUT2D eigenvalue weighted by molar-refractivity contribution is 5.96. The van der Waals surface area contributed by atoms with Gasteiger partial charge in [-0.25, -0.2) is 9.59 Å². The van der Waals surface area contributed by atoms with E-state index < -0.39 is 132 Å². The van der Waals surface area contributed by atoms with E-state index in [-0.39, 0.29) is 52.2 Å². The Labute approximate surface area is 590 Å². The normalized spacial score (nSPS) is 26.9. The lowest BCUT2D eigenvalue weighted by molar-refractivity contribution is -0.157. The van der Waals surface area contributed by atoms with Gasteiger partial charge in [0.1, 0.15) is 48.0 Å². The van der Waals surface area contributed by atoms with Crippen molar-refractivity contribution in [2.75, 3.05) is 47.4 Å². The summed E-state index contributed by atoms with van der Waals surface area (Å²) in [6.07, 6.45) is 11.3. The summed E-state index contributed by atoms with van der Waals surface area (Å²) in [6.45, 7) is 19.7. The maximum absolute atomic E-state index is 14.2. The minimum absolute atomic E-state index is 0.0780. The zero-order valence-electron chi connectivity index (χ0n) is 61.7. The quantitative estimate of drug-likeness (QED) is 0.0762. The Balaban J connectivity index is 0.000000319. The van der Waals surface area contributed by atoms with E-state index in [4.69, 9.17) is 14.2 Å². The lowest BCUT2D eigenvalue weighted by Gasteiger charge is -2.35. The van der Waals surface area contributed by atoms with Crippen molar-refractivity contribution in [1.82, 2.24) is 51.9 Å². The van der Waals surface area contributed by atoms with E-state index in [0.29, 0.717) is 57.2 Å². The van der Waals surface area contributed by atoms with Gasteiger partial charge in [0.25, 0.3) is 11.8 Å². The van der Waals surface area contributed by atoms with E-state index in [0.717, 1.165) is 89.9 Å². The highest BCUT2D eigenvalue weighted by Gasteiger charge is 2.71. The van der Waals surface area contributed by atoms with Crippen LogP contribution in [0, 0.1) is 34.5 Å². The van der Waals surface area contributed by atoms with Gasteiger partial charge in [-0.15, -0.1) is 0 Å². The largest absolute Gasteiger partial charge is 0.468 e. The first kappa shape index (κ1) is 81.4. The zero-order valence-corrected chi connectivity index (χ0v) is 61.7. The molecule has 560 valence electrons. The van der Waals surface area contributed by atoms with Crippen LogP contribution in [-0.4, -0.2) is 198 Å². The molecule has 8 N–H and O–H groups in total. The fraction of sp³-hybridized carbons (Fsp3) is 0.753. The number of methoxy groups -OCH3 is 1. The average Bonchev–Trinajstić information content (AvgIpc) is 1.53. The van der Waals surface area contributed by atoms with Gasteiger partial charge in [-0.3, -0.25) is 47.9 Å². The second-order valence-electron chi connectivity index (χ2n) is 31.3. The Morgan fingerprint density at radius 2 is 0.990 bits per heavy atom. The van der Waals surface area contributed by atoms with Gasteiger partial charge in [-0.05, 0) is 107 Å². The first-order chi connectivity index (χ1) is 47.0. The molecule has 2 aliphatic carbocycles. The van der Waals surface area contributed by atoms with Crippen LogP contribution in [-0.2, 0) is 66.9 Å². The lowest BCUT2D eigenvalue weighted by atomic mass is 9.97. The molecule has 2 saturated carbocycles. The van der Waals surface area contributed by atoms with Crippen LogP contribution in [0.5, 0.6) is 0 Å². The predicted octanol–water partition coefficient (Wildman–Crippen LogP) is 6.17. The number of rotatable bonds is 14. The predicted molar refractivity (Wildman–Crippen MR) is 371 cm³/mol. The van der Waals surface area contributed by atoms with Crippen LogP contribution in [0.4, 0.5) is 9.59 Å². The fourth-order valence-electron chi connectivity index (χ4n) is 14.8. The third-order valence-corrected chi connectivity index (χ3v) is 20.4. The van der Waals surface area contributed by atoms with Crippen LogP contribution < -0.4 is 37.2 Å². The van der Waals surface area contributed by atoms with Crippen LogP contribution in [0.3, 0.4) is 0 Å². The number of aliphatic hydroxyl groups excluding tert-OH is 1. The number of nitrogens with zero attached hydrogens (tertiary/aromatic N) is 3. The number of piperidine rings is 2. The summed E-state index contributed by atoms with van der Waals surface area (Å²) in [5, 5.41) is 30.4. The third-order valence-electron chi connectivity index (χ3n) is 20.4. The molecule has 27 heteroatoms. The summed E-state index contributed by atoms with van der Waals surface area (Å²) in [4.78, 5) is 163. The van der Waals surface area contributed by atoms with Crippen LogP contribution >= 0.6 is 0 Å². The van der Waals surface area contributed by atoms with E-state index in [1.165, 1.54) is 18.9 Å². The van der Waals surface area contributed by atoms with Crippen molar-refractivity contribution in [3.63, 3.8) is 0 Å². The third kappa shape index (κ3) is 23.2. The SMILES string of the molecule is CN(C)C(=O)[C@@H](NC(=O)CNC(=O)C(O)[C@@H]1CCCCCCCCCC[C@H](NC(=O)OC(C)(C)C)C(=O)N2C[C@H]3[C@@H]([C@H]2C(=O)N1)C3(C)C)c1ccccc1.COC(=O)CNC(=O)C(OC(C)=O)[C@@H]1CCCCCCCCCC[C@H](NC(=O)OC(C)(C)C)C(=O)N2C[C@H]3[C@@H]([C@H]2C(=O)N1)C3(C)C. The number of hydrogen-bond donors (Lipinski definition) is 8. The molecule has 0 bridgehead atoms. The Hall–Kier alpha value is -7.58. The molecule has 4 heterocycles. The molecule has 10 amide bonds. The molecule has 0 spiro atoms. The number of benzene rings is 1. The number of nitrogens with one attached hydrogen (secondary N) is 7. The molecule has 1 aromatic carbocycles. The second-order valence-corrected chi connectivity index (χ2v) is 31.3. The number of amides is 10. The molecule has 2 unspecified atom stereocenters. The Morgan fingerprint density at radius 3 is 1.40 bits per heavy atom. The summed E-state index contributed by atoms with van der Waals surface area (Å²) >= 11 is 0. The van der Waals surface area contributed by atoms with Crippen molar-refractivity contribution < 1.29 is 81.6 Å². The maximum Gasteiger partial charge on any atom is 0.408 e. The van der Waals surface area contributed by atoms with E-state index >= 15 is 0 Å². The summed E-state index contributed by atoms with van der Waals surface area (Å²) < 4.78 is 21.0. The number of carbonyl (C=O) groups is 12. The van der Waals surface area contributed by atoms with Gasteiger partial charge < -0.3 is 76.0 Å². The Morgan fingerprint density at radius 1 is 0.590 bits per heavy atom. The number of ether oxygens (including phenoxy) is 4. The van der Waals surface area contributed by atoms with Crippen molar-refractivity contribution in [3.8, 4) is 0 Å². The second kappa shape index (κ2) is 36.3. The number of fused-ring (bicyclic) bond motifs is 6. The van der Waals surface area contributed by atoms with Gasteiger partial charge in [0.05, 0.1) is 25.7 Å². The van der Waals surface area contributed by atoms with Gasteiger partial charge in [0.15, 0.2) is 12.2 Å². The molecule has 6 aliphatic rings. The van der Waals surface area contributed by atoms with Gasteiger partial charge in [0, 0.05) is 34.1 Å². The molecule has 1 aromatic rings. The summed E-state index contributed by atoms with van der Waals surface area (Å²) in [7, 11) is 4.35. The number of aliphatic hydroxyl groups is 1. The van der Waals surface area contributed by atoms with Crippen molar-refractivity contribution in [1.29, 1.82) is 0 Å². The van der Waals surface area contributed by atoms with Crippen molar-refractivity contribution >= 4 is 71.4 Å². The molecule has 4 aliphatic heterocycles. The molecule has 13 atom stereocenters. The van der Waals surface area contributed by atoms with Crippen LogP contribution in [0.15, 0.2) is 30.3 Å². The van der Waals surface area contributed by atoms with Crippen molar-refractivity contribution in [2.45, 2.75) is 270 Å². The smallest absolute Gasteiger partial charge is 0.408 e. The highest BCUT2D eigenvalue weighted by Crippen LogP contribution is 2.66. The molecule has 7 rings (SSSR count). The highest BCUT2D eigenvalue weighted by atomic mass is 16.6. The van der Waals surface area contributed by atoms with Crippen molar-refractivity contribution in [3.05, 3.63) is 35.9 Å². The molecular weight excluding hydrogens is 1290 g/mol. The number of likely N-dealkylation sites (N-methyl/N-ethyl adjacent to an activating group) is 1. The number of alkyl carbamates (subject to hydrolysis) is 2. The summed E-state index contributed by atoms with van der Waals surface area (Å²) in [5.74, 6) is -5.66. The van der Waals surface area contributed by atoms with Gasteiger partial charge in [0.2, 0.25) is 35.4 Å². The molecular formula is C73H116N10O17. The Bertz CT molecular complexity index is 3020. The monoisotopic (exact) mass is 1400 g/mol. The zero-order chi connectivity index (χ0) is 74.0. The Kier molecular flexibility index (Phi) is 29.6. The van der Waals surface area contributed by atoms with Crippen molar-refractivity contribution in [2.24, 2.45) is 34.5 Å². The number of hydrogen-bond acceptors (Lipinski definition) is 17. The molecule has 6 fully saturated rings. The molecule has 0 radical (unpaired) electrons. The van der Waals surface area contributed by atoms with Crippen LogP contribution in [0.2, 0.25) is 0 Å². The van der Waals surface area contributed by atoms with E-state index in [2.05, 4.69) is 69.6 Å². The van der Waals surface area contributed by atoms with E-state index in [1.54, 1.807) is 95.8 Å². The number of esters is 2. The maximum atomic E-state index is 14.2. The minimum Gasteiger partial charge on any atom is -0.468 e. The summed E-state index contributed by atoms with van der Waals surface area (Å²) in [5.41, 5.74) is -1.31. The van der Waals surface area contributed by atoms with Crippen LogP contribution in [0.1, 0.15) is 216 Å². The van der Waals surface area contributed by atoms with E-state index in [9.17, 15) is 62.6 Å². The number of carbonyl (C=O) groups excluding carboxylic acids is 12. The van der Waals surface area contributed by atoms with Gasteiger partial charge >= 0.3 is 24.1 Å².